The maximum atomic E-state index is 2.52. The van der Waals surface area contributed by atoms with E-state index in [1.165, 1.54) is 26.7 Å². The molecule has 0 saturated carbocycles. The van der Waals surface area contributed by atoms with E-state index < -0.39 is 0 Å². The first-order chi connectivity index (χ1) is 11.3. The number of anilines is 2. The molecule has 1 aliphatic rings. The lowest BCUT2D eigenvalue weighted by atomic mass is 9.86. The van der Waals surface area contributed by atoms with E-state index in [2.05, 4.69) is 94.1 Å². The second-order valence-electron chi connectivity index (χ2n) is 7.98. The van der Waals surface area contributed by atoms with E-state index >= 15 is 0 Å². The summed E-state index contributed by atoms with van der Waals surface area (Å²) in [7, 11) is 4.29. The number of likely N-dealkylation sites (N-methyl/N-ethyl adjacent to an activating group) is 1. The zero-order valence-corrected chi connectivity index (χ0v) is 16.4. The van der Waals surface area contributed by atoms with Crippen molar-refractivity contribution in [2.45, 2.75) is 48.9 Å². The molecule has 2 aromatic carbocycles. The van der Waals surface area contributed by atoms with Gasteiger partial charge in [-0.15, -0.1) is 0 Å². The van der Waals surface area contributed by atoms with Crippen LogP contribution in [0.3, 0.4) is 0 Å². The van der Waals surface area contributed by atoms with Crippen LogP contribution < -0.4 is 4.90 Å². The molecule has 0 spiro atoms. The van der Waals surface area contributed by atoms with E-state index in [4.69, 9.17) is 0 Å². The molecule has 0 amide bonds. The van der Waals surface area contributed by atoms with Gasteiger partial charge in [-0.3, -0.25) is 0 Å². The molecule has 24 heavy (non-hydrogen) atoms. The molecule has 1 atom stereocenters. The smallest absolute Gasteiger partial charge is 0.0558 e. The number of fused-ring (bicyclic) bond motifs is 2. The third kappa shape index (κ3) is 3.33. The Hall–Kier alpha value is -1.45. The maximum absolute atomic E-state index is 2.52. The number of rotatable bonds is 3. The van der Waals surface area contributed by atoms with Crippen LogP contribution in [0.4, 0.5) is 11.4 Å². The van der Waals surface area contributed by atoms with Crippen molar-refractivity contribution in [2.75, 3.05) is 25.5 Å². The van der Waals surface area contributed by atoms with E-state index in [0.717, 1.165) is 6.54 Å². The van der Waals surface area contributed by atoms with Crippen LogP contribution in [0.2, 0.25) is 0 Å². The minimum absolute atomic E-state index is 0.160. The molecule has 0 aliphatic carbocycles. The Morgan fingerprint density at radius 2 is 1.67 bits per heavy atom. The summed E-state index contributed by atoms with van der Waals surface area (Å²) in [6.45, 7) is 10.2. The minimum atomic E-state index is 0.160. The number of benzene rings is 2. The highest BCUT2D eigenvalue weighted by atomic mass is 32.2. The summed E-state index contributed by atoms with van der Waals surface area (Å²) >= 11 is 1.89. The fourth-order valence-electron chi connectivity index (χ4n) is 3.33. The summed E-state index contributed by atoms with van der Waals surface area (Å²) in [5.74, 6) is 0. The first-order valence-electron chi connectivity index (χ1n) is 8.63. The third-order valence-corrected chi connectivity index (χ3v) is 5.63. The quantitative estimate of drug-likeness (QED) is 0.724. The molecule has 3 heteroatoms. The Kier molecular flexibility index (Phi) is 4.67. The molecule has 0 N–H and O–H groups in total. The third-order valence-electron chi connectivity index (χ3n) is 4.50. The molecule has 1 heterocycles. The van der Waals surface area contributed by atoms with E-state index in [-0.39, 0.29) is 5.41 Å². The van der Waals surface area contributed by atoms with Crippen LogP contribution >= 0.6 is 11.8 Å². The van der Waals surface area contributed by atoms with Gasteiger partial charge in [0.25, 0.3) is 0 Å². The van der Waals surface area contributed by atoms with Crippen molar-refractivity contribution in [1.29, 1.82) is 0 Å². The molecule has 0 aromatic heterocycles. The first-order valence-corrected chi connectivity index (χ1v) is 9.44. The minimum Gasteiger partial charge on any atom is -0.335 e. The van der Waals surface area contributed by atoms with Crippen LogP contribution in [0.1, 0.15) is 33.3 Å². The van der Waals surface area contributed by atoms with Crippen LogP contribution in [0.25, 0.3) is 0 Å². The van der Waals surface area contributed by atoms with Crippen molar-refractivity contribution in [3.8, 4) is 0 Å². The summed E-state index contributed by atoms with van der Waals surface area (Å²) < 4.78 is 0. The van der Waals surface area contributed by atoms with Crippen molar-refractivity contribution in [2.24, 2.45) is 0 Å². The van der Waals surface area contributed by atoms with Gasteiger partial charge >= 0.3 is 0 Å². The van der Waals surface area contributed by atoms with E-state index in [9.17, 15) is 0 Å². The molecule has 0 saturated heterocycles. The van der Waals surface area contributed by atoms with Gasteiger partial charge in [0.15, 0.2) is 0 Å². The molecule has 0 radical (unpaired) electrons. The topological polar surface area (TPSA) is 6.48 Å². The van der Waals surface area contributed by atoms with Crippen molar-refractivity contribution in [1.82, 2.24) is 4.90 Å². The average molecular weight is 341 g/mol. The molecule has 2 nitrogen and oxygen atoms in total. The molecule has 1 unspecified atom stereocenters. The predicted octanol–water partition coefficient (Wildman–Crippen LogP) is 5.54. The van der Waals surface area contributed by atoms with Gasteiger partial charge in [-0.05, 0) is 56.3 Å². The van der Waals surface area contributed by atoms with Crippen molar-refractivity contribution < 1.29 is 0 Å². The summed E-state index contributed by atoms with van der Waals surface area (Å²) in [6.07, 6.45) is 0. The molecule has 1 aliphatic heterocycles. The zero-order valence-electron chi connectivity index (χ0n) is 15.6. The Morgan fingerprint density at radius 3 is 2.33 bits per heavy atom. The normalized spacial score (nSPS) is 15.2. The zero-order chi connectivity index (χ0) is 17.5. The Morgan fingerprint density at radius 1 is 1.00 bits per heavy atom. The summed E-state index contributed by atoms with van der Waals surface area (Å²) in [5, 5.41) is 0. The molecule has 128 valence electrons. The molecular weight excluding hydrogens is 312 g/mol. The standard InChI is InChI=1S/C21H28N2S/c1-15(14-22(5)6)23-17-9-7-8-10-19(17)24-20-12-11-16(13-18(20)23)21(2,3)4/h7-13,15H,14H2,1-6H3. The van der Waals surface area contributed by atoms with Gasteiger partial charge in [0.05, 0.1) is 11.4 Å². The monoisotopic (exact) mass is 340 g/mol. The largest absolute Gasteiger partial charge is 0.335 e. The average Bonchev–Trinajstić information content (AvgIpc) is 2.50. The van der Waals surface area contributed by atoms with Crippen LogP contribution in [0.5, 0.6) is 0 Å². The fourth-order valence-corrected chi connectivity index (χ4v) is 4.39. The lowest BCUT2D eigenvalue weighted by Crippen LogP contribution is -2.38. The van der Waals surface area contributed by atoms with Crippen molar-refractivity contribution >= 4 is 23.1 Å². The number of hydrogen-bond donors (Lipinski definition) is 0. The van der Waals surface area contributed by atoms with Crippen LogP contribution in [-0.2, 0) is 5.41 Å². The van der Waals surface area contributed by atoms with Gasteiger partial charge in [-0.2, -0.15) is 0 Å². The second-order valence-corrected chi connectivity index (χ2v) is 9.07. The predicted molar refractivity (Wildman–Crippen MR) is 106 cm³/mol. The van der Waals surface area contributed by atoms with Gasteiger partial charge < -0.3 is 9.80 Å². The summed E-state index contributed by atoms with van der Waals surface area (Å²) in [4.78, 5) is 7.49. The Labute approximate surface area is 150 Å². The van der Waals surface area contributed by atoms with Gasteiger partial charge in [-0.1, -0.05) is 50.7 Å². The lowest BCUT2D eigenvalue weighted by molar-refractivity contribution is 0.380. The van der Waals surface area contributed by atoms with Gasteiger partial charge in [-0.25, -0.2) is 0 Å². The number of nitrogens with zero attached hydrogens (tertiary/aromatic N) is 2. The molecule has 3 rings (SSSR count). The fraction of sp³-hybridized carbons (Fsp3) is 0.429. The molecule has 0 fully saturated rings. The van der Waals surface area contributed by atoms with E-state index in [1.807, 2.05) is 11.8 Å². The van der Waals surface area contributed by atoms with Crippen LogP contribution in [0, 0.1) is 0 Å². The second kappa shape index (κ2) is 6.45. The summed E-state index contributed by atoms with van der Waals surface area (Å²) in [5.41, 5.74) is 4.23. The van der Waals surface area contributed by atoms with Gasteiger partial charge in [0.1, 0.15) is 0 Å². The van der Waals surface area contributed by atoms with Crippen LogP contribution in [0.15, 0.2) is 52.3 Å². The van der Waals surface area contributed by atoms with E-state index in [0.29, 0.717) is 6.04 Å². The SMILES string of the molecule is CC(CN(C)C)N1c2ccccc2Sc2ccc(C(C)(C)C)cc21. The molecule has 2 aromatic rings. The lowest BCUT2D eigenvalue weighted by Gasteiger charge is -2.39. The maximum Gasteiger partial charge on any atom is 0.0558 e. The first kappa shape index (κ1) is 17.4. The van der Waals surface area contributed by atoms with Crippen molar-refractivity contribution in [3.05, 3.63) is 48.0 Å². The number of hydrogen-bond acceptors (Lipinski definition) is 3. The highest BCUT2D eigenvalue weighted by Crippen LogP contribution is 2.49. The highest BCUT2D eigenvalue weighted by Gasteiger charge is 2.28. The summed E-state index contributed by atoms with van der Waals surface area (Å²) in [6, 6.07) is 16.2. The van der Waals surface area contributed by atoms with Crippen LogP contribution in [-0.4, -0.2) is 31.6 Å². The Bertz CT molecular complexity index is 731. The van der Waals surface area contributed by atoms with Gasteiger partial charge in [0, 0.05) is 22.4 Å². The van der Waals surface area contributed by atoms with Crippen molar-refractivity contribution in [3.63, 3.8) is 0 Å². The molecular formula is C21H28N2S. The Balaban J connectivity index is 2.12. The van der Waals surface area contributed by atoms with Gasteiger partial charge in [0.2, 0.25) is 0 Å². The number of para-hydroxylation sites is 1. The molecule has 0 bridgehead atoms. The highest BCUT2D eigenvalue weighted by molar-refractivity contribution is 7.99. The van der Waals surface area contributed by atoms with E-state index in [1.54, 1.807) is 0 Å².